The van der Waals surface area contributed by atoms with Crippen molar-refractivity contribution in [1.29, 1.82) is 0 Å². The summed E-state index contributed by atoms with van der Waals surface area (Å²) in [5.41, 5.74) is 9.03. The fourth-order valence-corrected chi connectivity index (χ4v) is 3.85. The van der Waals surface area contributed by atoms with Crippen LogP contribution >= 0.6 is 0 Å². The van der Waals surface area contributed by atoms with Crippen LogP contribution in [0.2, 0.25) is 0 Å². The molecule has 2 N–H and O–H groups in total. The molecule has 0 bridgehead atoms. The van der Waals surface area contributed by atoms with E-state index in [0.29, 0.717) is 23.1 Å². The zero-order chi connectivity index (χ0) is 19.5. The van der Waals surface area contributed by atoms with Crippen LogP contribution in [0.4, 0.5) is 5.69 Å². The van der Waals surface area contributed by atoms with Crippen LogP contribution in [0.1, 0.15) is 32.1 Å². The number of nitrogens with two attached hydrogens (primary N) is 1. The Balaban J connectivity index is 1.50. The van der Waals surface area contributed by atoms with Crippen molar-refractivity contribution < 1.29 is 9.53 Å². The lowest BCUT2D eigenvalue weighted by atomic mass is 9.94. The average molecular weight is 378 g/mol. The van der Waals surface area contributed by atoms with E-state index in [1.54, 1.807) is 0 Å². The number of rotatable bonds is 5. The Kier molecular flexibility index (Phi) is 5.19. The number of likely N-dealkylation sites (N-methyl/N-ethyl adjacent to an activating group) is 1. The number of imidazole rings is 1. The summed E-state index contributed by atoms with van der Waals surface area (Å²) in [4.78, 5) is 19.1. The molecule has 1 aliphatic carbocycles. The Labute approximate surface area is 164 Å². The van der Waals surface area contributed by atoms with E-state index in [1.165, 1.54) is 19.3 Å². The lowest BCUT2D eigenvalue weighted by Gasteiger charge is -2.31. The molecule has 6 nitrogen and oxygen atoms in total. The molecule has 3 aromatic rings. The summed E-state index contributed by atoms with van der Waals surface area (Å²) >= 11 is 0. The standard InChI is InChI=1S/C22H26N4O2/c1-25(18-9-3-2-4-10-18)21(27)15-28-20-11-6-12-26-14-19(24-22(20)26)16-7-5-8-17(23)13-16/h5-8,11-14,18H,2-4,9-10,15,23H2,1H3. The summed E-state index contributed by atoms with van der Waals surface area (Å²) in [5, 5.41) is 0. The first-order valence-electron chi connectivity index (χ1n) is 9.84. The second-order valence-electron chi connectivity index (χ2n) is 7.44. The fraction of sp³-hybridized carbons (Fsp3) is 0.364. The molecule has 1 amide bonds. The average Bonchev–Trinajstić information content (AvgIpc) is 3.17. The van der Waals surface area contributed by atoms with Crippen LogP contribution in [0.25, 0.3) is 16.9 Å². The fourth-order valence-electron chi connectivity index (χ4n) is 3.85. The van der Waals surface area contributed by atoms with Crippen molar-refractivity contribution in [3.05, 3.63) is 48.8 Å². The molecule has 4 rings (SSSR count). The number of benzene rings is 1. The molecule has 1 fully saturated rings. The predicted molar refractivity (Wildman–Crippen MR) is 110 cm³/mol. The second kappa shape index (κ2) is 7.92. The number of hydrogen-bond acceptors (Lipinski definition) is 4. The molecule has 0 saturated heterocycles. The maximum Gasteiger partial charge on any atom is 0.260 e. The van der Waals surface area contributed by atoms with Crippen molar-refractivity contribution in [3.63, 3.8) is 0 Å². The molecule has 0 radical (unpaired) electrons. The third-order valence-corrected chi connectivity index (χ3v) is 5.50. The summed E-state index contributed by atoms with van der Waals surface area (Å²) in [7, 11) is 1.88. The van der Waals surface area contributed by atoms with E-state index in [4.69, 9.17) is 15.5 Å². The number of nitrogen functional groups attached to an aromatic ring is 1. The van der Waals surface area contributed by atoms with Gasteiger partial charge in [-0.1, -0.05) is 31.4 Å². The molecular weight excluding hydrogens is 352 g/mol. The smallest absolute Gasteiger partial charge is 0.260 e. The number of pyridine rings is 1. The number of hydrogen-bond donors (Lipinski definition) is 1. The van der Waals surface area contributed by atoms with Crippen LogP contribution in [-0.4, -0.2) is 39.9 Å². The van der Waals surface area contributed by atoms with Crippen molar-refractivity contribution in [1.82, 2.24) is 14.3 Å². The van der Waals surface area contributed by atoms with Gasteiger partial charge in [0.15, 0.2) is 18.0 Å². The van der Waals surface area contributed by atoms with E-state index in [9.17, 15) is 4.79 Å². The molecule has 6 heteroatoms. The molecule has 1 aliphatic rings. The highest BCUT2D eigenvalue weighted by Crippen LogP contribution is 2.26. The van der Waals surface area contributed by atoms with Crippen LogP contribution in [0, 0.1) is 0 Å². The number of carbonyl (C=O) groups excluding carboxylic acids is 1. The van der Waals surface area contributed by atoms with Gasteiger partial charge in [-0.15, -0.1) is 0 Å². The summed E-state index contributed by atoms with van der Waals surface area (Å²) in [6, 6.07) is 11.7. The molecular formula is C22H26N4O2. The zero-order valence-electron chi connectivity index (χ0n) is 16.2. The number of anilines is 1. The monoisotopic (exact) mass is 378 g/mol. The van der Waals surface area contributed by atoms with E-state index in [2.05, 4.69) is 0 Å². The third-order valence-electron chi connectivity index (χ3n) is 5.50. The van der Waals surface area contributed by atoms with Crippen molar-refractivity contribution in [3.8, 4) is 17.0 Å². The SMILES string of the molecule is CN(C(=O)COc1cccn2cc(-c3cccc(N)c3)nc12)C1CCCCC1. The van der Waals surface area contributed by atoms with Crippen molar-refractivity contribution in [2.24, 2.45) is 0 Å². The van der Waals surface area contributed by atoms with Crippen LogP contribution in [0.15, 0.2) is 48.8 Å². The highest BCUT2D eigenvalue weighted by atomic mass is 16.5. The van der Waals surface area contributed by atoms with Crippen LogP contribution in [-0.2, 0) is 4.79 Å². The molecule has 2 aromatic heterocycles. The predicted octanol–water partition coefficient (Wildman–Crippen LogP) is 3.75. The number of aromatic nitrogens is 2. The lowest BCUT2D eigenvalue weighted by Crippen LogP contribution is -2.40. The minimum absolute atomic E-state index is 0.0107. The normalized spacial score (nSPS) is 14.9. The van der Waals surface area contributed by atoms with Crippen LogP contribution in [0.5, 0.6) is 5.75 Å². The van der Waals surface area contributed by atoms with Gasteiger partial charge in [0, 0.05) is 36.7 Å². The topological polar surface area (TPSA) is 72.9 Å². The molecule has 28 heavy (non-hydrogen) atoms. The summed E-state index contributed by atoms with van der Waals surface area (Å²) in [5.74, 6) is 0.611. The van der Waals surface area contributed by atoms with Crippen molar-refractivity contribution >= 4 is 17.2 Å². The largest absolute Gasteiger partial charge is 0.480 e. The van der Waals surface area contributed by atoms with Gasteiger partial charge in [0.05, 0.1) is 5.69 Å². The minimum atomic E-state index is 0.0107. The second-order valence-corrected chi connectivity index (χ2v) is 7.44. The highest BCUT2D eigenvalue weighted by molar-refractivity contribution is 5.78. The van der Waals surface area contributed by atoms with Gasteiger partial charge in [-0.25, -0.2) is 4.98 Å². The molecule has 0 unspecified atom stereocenters. The number of ether oxygens (including phenoxy) is 1. The van der Waals surface area contributed by atoms with Crippen LogP contribution < -0.4 is 10.5 Å². The Morgan fingerprint density at radius 2 is 2.07 bits per heavy atom. The number of amides is 1. The number of fused-ring (bicyclic) bond motifs is 1. The molecule has 1 aromatic carbocycles. The van der Waals surface area contributed by atoms with E-state index in [-0.39, 0.29) is 12.5 Å². The van der Waals surface area contributed by atoms with Gasteiger partial charge < -0.3 is 19.8 Å². The van der Waals surface area contributed by atoms with Gasteiger partial charge in [-0.3, -0.25) is 4.79 Å². The van der Waals surface area contributed by atoms with Gasteiger partial charge in [-0.2, -0.15) is 0 Å². The first-order valence-corrected chi connectivity index (χ1v) is 9.84. The summed E-state index contributed by atoms with van der Waals surface area (Å²) in [6.45, 7) is 0.0210. The Hall–Kier alpha value is -3.02. The summed E-state index contributed by atoms with van der Waals surface area (Å²) < 4.78 is 7.77. The van der Waals surface area contributed by atoms with Gasteiger partial charge in [-0.05, 0) is 37.1 Å². The molecule has 0 aliphatic heterocycles. The minimum Gasteiger partial charge on any atom is -0.480 e. The number of carbonyl (C=O) groups is 1. The Morgan fingerprint density at radius 1 is 1.25 bits per heavy atom. The van der Waals surface area contributed by atoms with Crippen LogP contribution in [0.3, 0.4) is 0 Å². The molecule has 2 heterocycles. The quantitative estimate of drug-likeness (QED) is 0.686. The van der Waals surface area contributed by atoms with E-state index in [1.807, 2.05) is 65.1 Å². The number of nitrogens with zero attached hydrogens (tertiary/aromatic N) is 3. The van der Waals surface area contributed by atoms with Gasteiger partial charge in [0.1, 0.15) is 0 Å². The summed E-state index contributed by atoms with van der Waals surface area (Å²) in [6.07, 6.45) is 9.69. The third kappa shape index (κ3) is 3.81. The first kappa shape index (κ1) is 18.3. The van der Waals surface area contributed by atoms with Gasteiger partial charge in [0.2, 0.25) is 0 Å². The Morgan fingerprint density at radius 3 is 2.86 bits per heavy atom. The lowest BCUT2D eigenvalue weighted by molar-refractivity contribution is -0.134. The Bertz CT molecular complexity index is 976. The molecule has 1 saturated carbocycles. The molecule has 0 atom stereocenters. The molecule has 0 spiro atoms. The van der Waals surface area contributed by atoms with E-state index in [0.717, 1.165) is 24.1 Å². The van der Waals surface area contributed by atoms with E-state index >= 15 is 0 Å². The van der Waals surface area contributed by atoms with E-state index < -0.39 is 0 Å². The van der Waals surface area contributed by atoms with Crippen molar-refractivity contribution in [2.45, 2.75) is 38.1 Å². The molecule has 146 valence electrons. The zero-order valence-corrected chi connectivity index (χ0v) is 16.2. The highest BCUT2D eigenvalue weighted by Gasteiger charge is 2.22. The van der Waals surface area contributed by atoms with Gasteiger partial charge in [0.25, 0.3) is 5.91 Å². The first-order chi connectivity index (χ1) is 13.6. The van der Waals surface area contributed by atoms with Crippen molar-refractivity contribution in [2.75, 3.05) is 19.4 Å². The maximum atomic E-state index is 12.6. The van der Waals surface area contributed by atoms with Gasteiger partial charge >= 0.3 is 0 Å². The maximum absolute atomic E-state index is 12.6.